The van der Waals surface area contributed by atoms with E-state index in [1.54, 1.807) is 0 Å². The van der Waals surface area contributed by atoms with E-state index in [4.69, 9.17) is 0 Å². The van der Waals surface area contributed by atoms with Gasteiger partial charge in [0.2, 0.25) is 5.91 Å². The van der Waals surface area contributed by atoms with Gasteiger partial charge in [-0.05, 0) is 12.5 Å². The lowest BCUT2D eigenvalue weighted by Gasteiger charge is -2.06. The fraction of sp³-hybridized carbons (Fsp3) is 0.300. The van der Waals surface area contributed by atoms with Crippen molar-refractivity contribution in [2.24, 2.45) is 0 Å². The number of hydrogen-bond acceptors (Lipinski definition) is 1. The van der Waals surface area contributed by atoms with Crippen LogP contribution in [0.15, 0.2) is 30.3 Å². The van der Waals surface area contributed by atoms with Crippen LogP contribution in [0.5, 0.6) is 0 Å². The Kier molecular flexibility index (Phi) is 4.21. The highest BCUT2D eigenvalue weighted by Gasteiger charge is 2.04. The molecule has 3 heteroatoms. The van der Waals surface area contributed by atoms with Crippen molar-refractivity contribution in [3.05, 3.63) is 35.9 Å². The fourth-order valence-electron chi connectivity index (χ4n) is 1.05. The maximum atomic E-state index is 11.3. The van der Waals surface area contributed by atoms with Gasteiger partial charge in [-0.2, -0.15) is 0 Å². The van der Waals surface area contributed by atoms with E-state index in [0.29, 0.717) is 6.42 Å². The third-order valence-corrected chi connectivity index (χ3v) is 1.88. The number of carbonyl (C=O) groups excluding carboxylic acids is 1. The summed E-state index contributed by atoms with van der Waals surface area (Å²) in [5, 5.41) is 2.84. The smallest absolute Gasteiger partial charge is 0.225 e. The summed E-state index contributed by atoms with van der Waals surface area (Å²) in [6.07, 6.45) is 0.466. The Labute approximate surface area is 91.9 Å². The van der Waals surface area contributed by atoms with E-state index in [2.05, 4.69) is 27.9 Å². The summed E-state index contributed by atoms with van der Waals surface area (Å²) < 4.78 is 0.189. The van der Waals surface area contributed by atoms with Crippen molar-refractivity contribution in [2.75, 3.05) is 0 Å². The van der Waals surface area contributed by atoms with Crippen LogP contribution in [0.25, 0.3) is 0 Å². The fourth-order valence-corrected chi connectivity index (χ4v) is 1.40. The quantitative estimate of drug-likeness (QED) is 0.515. The standard InChI is InChI=1S/C10H12INO/c1-8(11)12-10(13)7-9-5-3-2-4-6-9/h2-6,8H,7H2,1H3,(H,12,13)/t8-/m1/s1. The van der Waals surface area contributed by atoms with Gasteiger partial charge < -0.3 is 5.32 Å². The molecule has 0 aliphatic rings. The zero-order chi connectivity index (χ0) is 9.68. The van der Waals surface area contributed by atoms with Gasteiger partial charge in [0.15, 0.2) is 0 Å². The summed E-state index contributed by atoms with van der Waals surface area (Å²) >= 11 is 2.17. The maximum Gasteiger partial charge on any atom is 0.225 e. The van der Waals surface area contributed by atoms with Crippen LogP contribution in [0.1, 0.15) is 12.5 Å². The maximum absolute atomic E-state index is 11.3. The van der Waals surface area contributed by atoms with E-state index in [-0.39, 0.29) is 9.96 Å². The first-order chi connectivity index (χ1) is 6.18. The van der Waals surface area contributed by atoms with E-state index < -0.39 is 0 Å². The van der Waals surface area contributed by atoms with Gasteiger partial charge in [-0.25, -0.2) is 0 Å². The van der Waals surface area contributed by atoms with Gasteiger partial charge in [0, 0.05) is 0 Å². The molecule has 0 bridgehead atoms. The highest BCUT2D eigenvalue weighted by atomic mass is 127. The van der Waals surface area contributed by atoms with E-state index >= 15 is 0 Å². The molecule has 1 rings (SSSR count). The normalized spacial score (nSPS) is 12.2. The Morgan fingerprint density at radius 3 is 2.62 bits per heavy atom. The minimum Gasteiger partial charge on any atom is -0.344 e. The van der Waals surface area contributed by atoms with Gasteiger partial charge in [-0.3, -0.25) is 4.79 Å². The molecule has 0 heterocycles. The second-order valence-electron chi connectivity index (χ2n) is 2.85. The van der Waals surface area contributed by atoms with Gasteiger partial charge in [0.1, 0.15) is 0 Å². The zero-order valence-corrected chi connectivity index (χ0v) is 9.61. The number of benzene rings is 1. The van der Waals surface area contributed by atoms with Crippen molar-refractivity contribution >= 4 is 28.5 Å². The Hall–Kier alpha value is -0.580. The van der Waals surface area contributed by atoms with Crippen LogP contribution in [-0.4, -0.2) is 9.96 Å². The first-order valence-electron chi connectivity index (χ1n) is 4.16. The molecule has 0 aliphatic heterocycles. The predicted molar refractivity (Wildman–Crippen MR) is 61.8 cm³/mol. The Balaban J connectivity index is 2.46. The topological polar surface area (TPSA) is 29.1 Å². The summed E-state index contributed by atoms with van der Waals surface area (Å²) in [5.74, 6) is 0.0769. The van der Waals surface area contributed by atoms with Crippen LogP contribution in [0.2, 0.25) is 0 Å². The van der Waals surface area contributed by atoms with Crippen molar-refractivity contribution < 1.29 is 4.79 Å². The molecule has 0 fully saturated rings. The van der Waals surface area contributed by atoms with Crippen LogP contribution >= 0.6 is 22.6 Å². The average molecular weight is 289 g/mol. The molecule has 0 spiro atoms. The highest BCUT2D eigenvalue weighted by Crippen LogP contribution is 2.00. The van der Waals surface area contributed by atoms with E-state index in [9.17, 15) is 4.79 Å². The first-order valence-corrected chi connectivity index (χ1v) is 5.40. The zero-order valence-electron chi connectivity index (χ0n) is 7.46. The van der Waals surface area contributed by atoms with Gasteiger partial charge in [-0.15, -0.1) is 0 Å². The molecule has 1 N–H and O–H groups in total. The molecule has 1 aromatic rings. The van der Waals surface area contributed by atoms with Crippen molar-refractivity contribution in [2.45, 2.75) is 17.4 Å². The average Bonchev–Trinajstić information content (AvgIpc) is 2.04. The molecule has 1 aromatic carbocycles. The lowest BCUT2D eigenvalue weighted by molar-refractivity contribution is -0.120. The molecule has 70 valence electrons. The van der Waals surface area contributed by atoms with Crippen molar-refractivity contribution in [1.82, 2.24) is 5.32 Å². The van der Waals surface area contributed by atoms with Crippen LogP contribution in [0, 0.1) is 0 Å². The molecule has 0 aromatic heterocycles. The Morgan fingerprint density at radius 2 is 2.08 bits per heavy atom. The molecule has 13 heavy (non-hydrogen) atoms. The number of alkyl halides is 1. The molecule has 0 aliphatic carbocycles. The molecular formula is C10H12INO. The van der Waals surface area contributed by atoms with E-state index in [0.717, 1.165) is 5.56 Å². The minimum atomic E-state index is 0.0769. The number of halogens is 1. The molecule has 0 radical (unpaired) electrons. The molecule has 0 saturated carbocycles. The molecule has 0 saturated heterocycles. The van der Waals surface area contributed by atoms with Gasteiger partial charge in [0.05, 0.1) is 10.5 Å². The van der Waals surface area contributed by atoms with Gasteiger partial charge >= 0.3 is 0 Å². The molecule has 0 unspecified atom stereocenters. The summed E-state index contributed by atoms with van der Waals surface area (Å²) in [5.41, 5.74) is 1.05. The third-order valence-electron chi connectivity index (χ3n) is 1.57. The predicted octanol–water partition coefficient (Wildman–Crippen LogP) is 2.13. The third kappa shape index (κ3) is 4.26. The summed E-state index contributed by atoms with van der Waals surface area (Å²) in [4.78, 5) is 11.3. The second-order valence-corrected chi connectivity index (χ2v) is 4.71. The van der Waals surface area contributed by atoms with Crippen LogP contribution in [-0.2, 0) is 11.2 Å². The molecular weight excluding hydrogens is 277 g/mol. The highest BCUT2D eigenvalue weighted by molar-refractivity contribution is 14.1. The summed E-state index contributed by atoms with van der Waals surface area (Å²) in [6.45, 7) is 1.95. The largest absolute Gasteiger partial charge is 0.344 e. The van der Waals surface area contributed by atoms with Crippen LogP contribution in [0.4, 0.5) is 0 Å². The molecule has 2 nitrogen and oxygen atoms in total. The molecule has 1 atom stereocenters. The van der Waals surface area contributed by atoms with Crippen molar-refractivity contribution in [3.8, 4) is 0 Å². The van der Waals surface area contributed by atoms with Gasteiger partial charge in [0.25, 0.3) is 0 Å². The number of amides is 1. The monoisotopic (exact) mass is 289 g/mol. The van der Waals surface area contributed by atoms with Gasteiger partial charge in [-0.1, -0.05) is 52.9 Å². The Bertz CT molecular complexity index is 272. The first kappa shape index (κ1) is 10.5. The minimum absolute atomic E-state index is 0.0769. The van der Waals surface area contributed by atoms with Crippen LogP contribution < -0.4 is 5.32 Å². The van der Waals surface area contributed by atoms with Crippen LogP contribution in [0.3, 0.4) is 0 Å². The molecule has 1 amide bonds. The SMILES string of the molecule is C[C@H](I)NC(=O)Cc1ccccc1. The Morgan fingerprint density at radius 1 is 1.46 bits per heavy atom. The lowest BCUT2D eigenvalue weighted by atomic mass is 10.1. The summed E-state index contributed by atoms with van der Waals surface area (Å²) in [6, 6.07) is 9.74. The number of nitrogens with one attached hydrogen (secondary N) is 1. The number of carbonyl (C=O) groups is 1. The number of hydrogen-bond donors (Lipinski definition) is 1. The van der Waals surface area contributed by atoms with E-state index in [1.165, 1.54) is 0 Å². The lowest BCUT2D eigenvalue weighted by Crippen LogP contribution is -2.29. The second kappa shape index (κ2) is 5.21. The van der Waals surface area contributed by atoms with E-state index in [1.807, 2.05) is 37.3 Å². The number of rotatable bonds is 3. The summed E-state index contributed by atoms with van der Waals surface area (Å²) in [7, 11) is 0. The van der Waals surface area contributed by atoms with Crippen molar-refractivity contribution in [1.29, 1.82) is 0 Å². The van der Waals surface area contributed by atoms with Crippen molar-refractivity contribution in [3.63, 3.8) is 0 Å².